The smallest absolute Gasteiger partial charge is 0.246 e. The van der Waals surface area contributed by atoms with Crippen LogP contribution in [-0.4, -0.2) is 59.6 Å². The Morgan fingerprint density at radius 1 is 1.17 bits per heavy atom. The molecule has 1 aromatic carbocycles. The van der Waals surface area contributed by atoms with E-state index in [2.05, 4.69) is 10.6 Å². The molecule has 1 aromatic rings. The van der Waals surface area contributed by atoms with E-state index in [-0.39, 0.29) is 29.8 Å². The second kappa shape index (κ2) is 9.30. The molecule has 0 aromatic heterocycles. The first kappa shape index (κ1) is 23.9. The number of carbonyl (C=O) groups is 3. The van der Waals surface area contributed by atoms with E-state index in [4.69, 9.17) is 9.47 Å². The molecule has 2 N–H and O–H groups in total. The highest BCUT2D eigenvalue weighted by atomic mass is 16.5. The van der Waals surface area contributed by atoms with Crippen LogP contribution in [0.5, 0.6) is 5.75 Å². The van der Waals surface area contributed by atoms with E-state index in [1.54, 1.807) is 36.3 Å². The van der Waals surface area contributed by atoms with Gasteiger partial charge in [-0.25, -0.2) is 0 Å². The number of rotatable bonds is 7. The van der Waals surface area contributed by atoms with Crippen LogP contribution in [0.1, 0.15) is 52.4 Å². The Morgan fingerprint density at radius 2 is 1.89 bits per heavy atom. The van der Waals surface area contributed by atoms with Crippen molar-refractivity contribution in [1.29, 1.82) is 0 Å². The molecule has 3 aliphatic heterocycles. The largest absolute Gasteiger partial charge is 0.497 e. The Morgan fingerprint density at radius 3 is 2.54 bits per heavy atom. The van der Waals surface area contributed by atoms with E-state index in [0.29, 0.717) is 17.9 Å². The summed E-state index contributed by atoms with van der Waals surface area (Å²) >= 11 is 0. The number of ether oxygens (including phenoxy) is 2. The van der Waals surface area contributed by atoms with Gasteiger partial charge in [0.15, 0.2) is 0 Å². The van der Waals surface area contributed by atoms with E-state index in [0.717, 1.165) is 25.7 Å². The first-order valence-corrected chi connectivity index (χ1v) is 12.8. The van der Waals surface area contributed by atoms with Crippen LogP contribution in [-0.2, 0) is 19.1 Å². The van der Waals surface area contributed by atoms with Crippen molar-refractivity contribution in [3.05, 3.63) is 36.4 Å². The van der Waals surface area contributed by atoms with Crippen molar-refractivity contribution >= 4 is 23.4 Å². The number of methoxy groups -OCH3 is 1. The van der Waals surface area contributed by atoms with Crippen LogP contribution in [0.15, 0.2) is 36.4 Å². The summed E-state index contributed by atoms with van der Waals surface area (Å²) in [4.78, 5) is 42.7. The molecule has 1 aliphatic carbocycles. The lowest BCUT2D eigenvalue weighted by molar-refractivity contribution is -0.143. The van der Waals surface area contributed by atoms with Gasteiger partial charge in [0.2, 0.25) is 17.7 Å². The van der Waals surface area contributed by atoms with Gasteiger partial charge < -0.3 is 25.0 Å². The van der Waals surface area contributed by atoms with E-state index in [1.807, 2.05) is 26.0 Å². The molecule has 5 rings (SSSR count). The highest BCUT2D eigenvalue weighted by molar-refractivity contribution is 6.03. The van der Waals surface area contributed by atoms with Crippen LogP contribution in [0.25, 0.3) is 0 Å². The monoisotopic (exact) mass is 481 g/mol. The molecule has 3 amide bonds. The summed E-state index contributed by atoms with van der Waals surface area (Å²) in [6.45, 7) is 3.96. The normalized spacial score (nSPS) is 32.4. The zero-order chi connectivity index (χ0) is 24.7. The van der Waals surface area contributed by atoms with Crippen LogP contribution in [0, 0.1) is 11.8 Å². The molecule has 3 fully saturated rings. The van der Waals surface area contributed by atoms with Gasteiger partial charge in [-0.3, -0.25) is 14.4 Å². The van der Waals surface area contributed by atoms with Crippen molar-refractivity contribution < 1.29 is 23.9 Å². The molecule has 2 bridgehead atoms. The third-order valence-corrected chi connectivity index (χ3v) is 8.24. The van der Waals surface area contributed by atoms with Gasteiger partial charge >= 0.3 is 0 Å². The first-order chi connectivity index (χ1) is 16.9. The van der Waals surface area contributed by atoms with Crippen LogP contribution in [0.3, 0.4) is 0 Å². The Bertz CT molecular complexity index is 1020. The quantitative estimate of drug-likeness (QED) is 0.584. The molecule has 1 saturated carbocycles. The molecule has 2 saturated heterocycles. The number of anilines is 1. The van der Waals surface area contributed by atoms with Crippen molar-refractivity contribution in [2.45, 2.75) is 82.2 Å². The summed E-state index contributed by atoms with van der Waals surface area (Å²) in [6, 6.07) is 6.26. The zero-order valence-corrected chi connectivity index (χ0v) is 20.7. The molecule has 0 radical (unpaired) electrons. The maximum Gasteiger partial charge on any atom is 0.246 e. The first-order valence-electron chi connectivity index (χ1n) is 12.8. The Labute approximate surface area is 206 Å². The maximum atomic E-state index is 13.9. The van der Waals surface area contributed by atoms with E-state index >= 15 is 0 Å². The third-order valence-electron chi connectivity index (χ3n) is 8.24. The van der Waals surface area contributed by atoms with Gasteiger partial charge in [-0.05, 0) is 50.5 Å². The molecule has 6 atom stereocenters. The molecule has 1 spiro atoms. The summed E-state index contributed by atoms with van der Waals surface area (Å²) in [6.07, 6.45) is 9.19. The molecular weight excluding hydrogens is 446 g/mol. The Balaban J connectivity index is 1.43. The molecular formula is C27H35N3O5. The fourth-order valence-electron chi connectivity index (χ4n) is 6.30. The van der Waals surface area contributed by atoms with E-state index in [9.17, 15) is 14.4 Å². The molecule has 8 nitrogen and oxygen atoms in total. The van der Waals surface area contributed by atoms with Gasteiger partial charge in [0, 0.05) is 17.8 Å². The van der Waals surface area contributed by atoms with Crippen molar-refractivity contribution in [2.75, 3.05) is 12.4 Å². The number of carbonyl (C=O) groups excluding carboxylic acids is 3. The summed E-state index contributed by atoms with van der Waals surface area (Å²) in [5.41, 5.74) is -0.501. The SMILES string of the molecule is CC[C@H](C)N1C(=O)[C@H]2[C@H](C(=O)Nc3ccc(OC)cc3)[C@H]3C=C[C@@]2(O3)[C@H]1C(=O)NC1CCCCC1. The summed E-state index contributed by atoms with van der Waals surface area (Å²) in [7, 11) is 1.58. The second-order valence-corrected chi connectivity index (χ2v) is 10.3. The minimum atomic E-state index is -1.12. The third kappa shape index (κ3) is 3.92. The standard InChI is InChI=1S/C27H35N3O5/c1-4-16(2)30-23(25(32)29-17-8-6-5-7-9-17)27-15-14-20(35-27)21(22(27)26(30)33)24(31)28-18-10-12-19(34-3)13-11-18/h10-17,20-23H,4-9H2,1-3H3,(H,28,31)(H,29,32)/t16-,20+,21+,22+,23+,27-/m0/s1. The average molecular weight is 482 g/mol. The fraction of sp³-hybridized carbons (Fsp3) is 0.593. The lowest BCUT2D eigenvalue weighted by Crippen LogP contribution is -2.58. The summed E-state index contributed by atoms with van der Waals surface area (Å²) in [5, 5.41) is 6.15. The van der Waals surface area contributed by atoms with Crippen molar-refractivity contribution in [3.8, 4) is 5.75 Å². The second-order valence-electron chi connectivity index (χ2n) is 10.3. The number of fused-ring (bicyclic) bond motifs is 1. The highest BCUT2D eigenvalue weighted by Crippen LogP contribution is 2.55. The lowest BCUT2D eigenvalue weighted by Gasteiger charge is -2.36. The number of hydrogen-bond donors (Lipinski definition) is 2. The predicted octanol–water partition coefficient (Wildman–Crippen LogP) is 3.03. The van der Waals surface area contributed by atoms with Crippen LogP contribution in [0.2, 0.25) is 0 Å². The predicted molar refractivity (Wildman–Crippen MR) is 131 cm³/mol. The van der Waals surface area contributed by atoms with Gasteiger partial charge in [-0.1, -0.05) is 38.3 Å². The number of benzene rings is 1. The van der Waals surface area contributed by atoms with Gasteiger partial charge in [-0.15, -0.1) is 0 Å². The van der Waals surface area contributed by atoms with Gasteiger partial charge in [-0.2, -0.15) is 0 Å². The minimum absolute atomic E-state index is 0.123. The fourth-order valence-corrected chi connectivity index (χ4v) is 6.30. The number of likely N-dealkylation sites (tertiary alicyclic amines) is 1. The maximum absolute atomic E-state index is 13.9. The molecule has 188 valence electrons. The molecule has 4 aliphatic rings. The van der Waals surface area contributed by atoms with Crippen LogP contribution in [0.4, 0.5) is 5.69 Å². The molecule has 8 heteroatoms. The summed E-state index contributed by atoms with van der Waals surface area (Å²) < 4.78 is 11.6. The lowest BCUT2D eigenvalue weighted by atomic mass is 9.74. The Kier molecular flexibility index (Phi) is 6.34. The Hall–Kier alpha value is -2.87. The van der Waals surface area contributed by atoms with Crippen molar-refractivity contribution in [2.24, 2.45) is 11.8 Å². The molecule has 0 unspecified atom stereocenters. The highest BCUT2D eigenvalue weighted by Gasteiger charge is 2.73. The van der Waals surface area contributed by atoms with Gasteiger partial charge in [0.1, 0.15) is 17.4 Å². The topological polar surface area (TPSA) is 97.0 Å². The zero-order valence-electron chi connectivity index (χ0n) is 20.7. The van der Waals surface area contributed by atoms with Gasteiger partial charge in [0.25, 0.3) is 0 Å². The molecule has 3 heterocycles. The van der Waals surface area contributed by atoms with Crippen LogP contribution >= 0.6 is 0 Å². The summed E-state index contributed by atoms with van der Waals surface area (Å²) in [5.74, 6) is -1.36. The number of amides is 3. The van der Waals surface area contributed by atoms with E-state index in [1.165, 1.54) is 6.42 Å². The number of nitrogens with one attached hydrogen (secondary N) is 2. The van der Waals surface area contributed by atoms with Crippen LogP contribution < -0.4 is 15.4 Å². The number of hydrogen-bond acceptors (Lipinski definition) is 5. The van der Waals surface area contributed by atoms with Crippen molar-refractivity contribution in [3.63, 3.8) is 0 Å². The number of nitrogens with zero attached hydrogens (tertiary/aromatic N) is 1. The minimum Gasteiger partial charge on any atom is -0.497 e. The average Bonchev–Trinajstić information content (AvgIpc) is 3.52. The van der Waals surface area contributed by atoms with E-state index < -0.39 is 29.6 Å². The van der Waals surface area contributed by atoms with Crippen molar-refractivity contribution in [1.82, 2.24) is 10.2 Å². The molecule has 35 heavy (non-hydrogen) atoms. The van der Waals surface area contributed by atoms with Gasteiger partial charge in [0.05, 0.1) is 25.0 Å².